The number of nitrogens with one attached hydrogen (secondary N) is 2. The highest BCUT2D eigenvalue weighted by atomic mass is 19.1. The highest BCUT2D eigenvalue weighted by Gasteiger charge is 2.33. The zero-order valence-corrected chi connectivity index (χ0v) is 15.6. The molecule has 0 radical (unpaired) electrons. The fraction of sp³-hybridized carbons (Fsp3) is 0.350. The molecular formula is C20H22FN5O2. The molecule has 1 fully saturated rings. The number of aromatic amines is 1. The molecule has 146 valence electrons. The maximum Gasteiger partial charge on any atom is 0.221 e. The van der Waals surface area contributed by atoms with Gasteiger partial charge in [0.05, 0.1) is 17.2 Å². The van der Waals surface area contributed by atoms with E-state index in [2.05, 4.69) is 20.3 Å². The third-order valence-electron chi connectivity index (χ3n) is 4.72. The Morgan fingerprint density at radius 3 is 2.89 bits per heavy atom. The maximum absolute atomic E-state index is 14.4. The number of halogens is 1. The first-order chi connectivity index (χ1) is 13.6. The van der Waals surface area contributed by atoms with Crippen LogP contribution < -0.4 is 5.32 Å². The Morgan fingerprint density at radius 1 is 1.32 bits per heavy atom. The van der Waals surface area contributed by atoms with Gasteiger partial charge in [-0.15, -0.1) is 0 Å². The molecule has 7 nitrogen and oxygen atoms in total. The van der Waals surface area contributed by atoms with Crippen molar-refractivity contribution in [1.29, 1.82) is 0 Å². The zero-order valence-electron chi connectivity index (χ0n) is 15.6. The Kier molecular flexibility index (Phi) is 5.31. The van der Waals surface area contributed by atoms with Crippen molar-refractivity contribution in [2.45, 2.75) is 32.4 Å². The maximum atomic E-state index is 14.4. The summed E-state index contributed by atoms with van der Waals surface area (Å²) in [4.78, 5) is 24.7. The smallest absolute Gasteiger partial charge is 0.221 e. The summed E-state index contributed by atoms with van der Waals surface area (Å²) in [6.07, 6.45) is 1.87. The molecule has 2 N–H and O–H groups in total. The molecule has 0 bridgehead atoms. The Hall–Kier alpha value is -2.84. The monoisotopic (exact) mass is 383 g/mol. The quantitative estimate of drug-likeness (QED) is 0.684. The summed E-state index contributed by atoms with van der Waals surface area (Å²) in [5.74, 6) is 0.565. The molecule has 4 rings (SSSR count). The van der Waals surface area contributed by atoms with Crippen LogP contribution in [-0.2, 0) is 22.7 Å². The van der Waals surface area contributed by atoms with Crippen LogP contribution in [-0.4, -0.2) is 51.1 Å². The summed E-state index contributed by atoms with van der Waals surface area (Å²) in [5.41, 5.74) is 3.48. The number of carbonyl (C=O) groups is 1. The van der Waals surface area contributed by atoms with Gasteiger partial charge in [0, 0.05) is 38.4 Å². The second-order valence-electron chi connectivity index (χ2n) is 7.01. The van der Waals surface area contributed by atoms with Gasteiger partial charge in [0.25, 0.3) is 0 Å². The number of alkyl halides is 1. The third-order valence-corrected chi connectivity index (χ3v) is 4.72. The zero-order chi connectivity index (χ0) is 19.5. The van der Waals surface area contributed by atoms with Crippen LogP contribution in [0.3, 0.4) is 0 Å². The van der Waals surface area contributed by atoms with E-state index in [1.54, 1.807) is 12.4 Å². The summed E-state index contributed by atoms with van der Waals surface area (Å²) in [6.45, 7) is 3.20. The highest BCUT2D eigenvalue weighted by molar-refractivity contribution is 5.88. The van der Waals surface area contributed by atoms with Gasteiger partial charge in [-0.1, -0.05) is 12.1 Å². The molecule has 8 heteroatoms. The first kappa shape index (κ1) is 18.5. The number of anilines is 1. The minimum absolute atomic E-state index is 0.103. The van der Waals surface area contributed by atoms with Gasteiger partial charge < -0.3 is 15.0 Å². The van der Waals surface area contributed by atoms with Crippen molar-refractivity contribution in [3.63, 3.8) is 0 Å². The number of imidazole rings is 1. The second-order valence-corrected chi connectivity index (χ2v) is 7.01. The van der Waals surface area contributed by atoms with E-state index in [9.17, 15) is 9.18 Å². The first-order valence-electron chi connectivity index (χ1n) is 9.20. The number of rotatable bonds is 6. The van der Waals surface area contributed by atoms with Crippen LogP contribution in [0.1, 0.15) is 18.3 Å². The molecular weight excluding hydrogens is 361 g/mol. The molecule has 1 aromatic carbocycles. The number of fused-ring (bicyclic) bond motifs is 1. The topological polar surface area (TPSA) is 83.1 Å². The summed E-state index contributed by atoms with van der Waals surface area (Å²) in [6, 6.07) is 9.40. The molecule has 1 amide bonds. The second kappa shape index (κ2) is 8.04. The standard InChI is InChI=1S/C20H22FN5O2/c1-13(27)23-15-4-2-14(3-5-15)9-26-10-16(21)19(11-26)28-12-20-24-17-6-7-22-8-18(17)25-20/h2-8,16,19H,9-12H2,1H3,(H,23,27)(H,24,25). The van der Waals surface area contributed by atoms with E-state index in [-0.39, 0.29) is 12.5 Å². The van der Waals surface area contributed by atoms with Crippen LogP contribution in [0.15, 0.2) is 42.7 Å². The Balaban J connectivity index is 1.30. The Bertz CT molecular complexity index is 926. The molecule has 2 atom stereocenters. The van der Waals surface area contributed by atoms with Crippen LogP contribution in [0.5, 0.6) is 0 Å². The van der Waals surface area contributed by atoms with Crippen LogP contribution in [0.25, 0.3) is 11.0 Å². The number of H-pyrrole nitrogens is 1. The summed E-state index contributed by atoms with van der Waals surface area (Å²) in [7, 11) is 0. The minimum Gasteiger partial charge on any atom is -0.366 e. The number of pyridine rings is 1. The molecule has 3 heterocycles. The number of ether oxygens (including phenoxy) is 1. The number of hydrogen-bond donors (Lipinski definition) is 2. The molecule has 1 aliphatic heterocycles. The van der Waals surface area contributed by atoms with Gasteiger partial charge in [-0.2, -0.15) is 0 Å². The number of hydrogen-bond acceptors (Lipinski definition) is 5. The van der Waals surface area contributed by atoms with Crippen LogP contribution >= 0.6 is 0 Å². The van der Waals surface area contributed by atoms with E-state index in [0.717, 1.165) is 22.3 Å². The van der Waals surface area contributed by atoms with Gasteiger partial charge in [0.1, 0.15) is 24.7 Å². The summed E-state index contributed by atoms with van der Waals surface area (Å²) >= 11 is 0. The van der Waals surface area contributed by atoms with E-state index in [1.165, 1.54) is 6.92 Å². The fourth-order valence-corrected chi connectivity index (χ4v) is 3.41. The van der Waals surface area contributed by atoms with Crippen LogP contribution in [0.2, 0.25) is 0 Å². The first-order valence-corrected chi connectivity index (χ1v) is 9.20. The average Bonchev–Trinajstić information content (AvgIpc) is 3.23. The van der Waals surface area contributed by atoms with E-state index >= 15 is 0 Å². The van der Waals surface area contributed by atoms with E-state index in [1.807, 2.05) is 35.2 Å². The average molecular weight is 383 g/mol. The lowest BCUT2D eigenvalue weighted by Crippen LogP contribution is -2.24. The van der Waals surface area contributed by atoms with Crippen molar-refractivity contribution in [2.24, 2.45) is 0 Å². The van der Waals surface area contributed by atoms with Crippen molar-refractivity contribution < 1.29 is 13.9 Å². The molecule has 2 aromatic heterocycles. The number of carbonyl (C=O) groups excluding carboxylic acids is 1. The van der Waals surface area contributed by atoms with Gasteiger partial charge in [0.2, 0.25) is 5.91 Å². The molecule has 0 aliphatic carbocycles. The largest absolute Gasteiger partial charge is 0.366 e. The molecule has 2 unspecified atom stereocenters. The summed E-state index contributed by atoms with van der Waals surface area (Å²) < 4.78 is 20.2. The highest BCUT2D eigenvalue weighted by Crippen LogP contribution is 2.21. The lowest BCUT2D eigenvalue weighted by atomic mass is 10.2. The van der Waals surface area contributed by atoms with Crippen molar-refractivity contribution in [1.82, 2.24) is 19.9 Å². The van der Waals surface area contributed by atoms with E-state index < -0.39 is 12.3 Å². The lowest BCUT2D eigenvalue weighted by Gasteiger charge is -2.16. The van der Waals surface area contributed by atoms with Gasteiger partial charge in [-0.25, -0.2) is 9.37 Å². The number of likely N-dealkylation sites (tertiary alicyclic amines) is 1. The lowest BCUT2D eigenvalue weighted by molar-refractivity contribution is -0.114. The third kappa shape index (κ3) is 4.35. The van der Waals surface area contributed by atoms with Crippen molar-refractivity contribution in [3.8, 4) is 0 Å². The van der Waals surface area contributed by atoms with Crippen LogP contribution in [0, 0.1) is 0 Å². The number of nitrogens with zero attached hydrogens (tertiary/aromatic N) is 3. The number of aromatic nitrogens is 3. The van der Waals surface area contributed by atoms with Crippen molar-refractivity contribution >= 4 is 22.6 Å². The van der Waals surface area contributed by atoms with E-state index in [0.29, 0.717) is 25.5 Å². The predicted octanol–water partition coefficient (Wildman–Crippen LogP) is 2.66. The molecule has 28 heavy (non-hydrogen) atoms. The number of benzene rings is 1. The Labute approximate surface area is 161 Å². The van der Waals surface area contributed by atoms with Crippen molar-refractivity contribution in [3.05, 3.63) is 54.1 Å². The predicted molar refractivity (Wildman–Crippen MR) is 103 cm³/mol. The van der Waals surface area contributed by atoms with E-state index in [4.69, 9.17) is 4.74 Å². The SMILES string of the molecule is CC(=O)Nc1ccc(CN2CC(F)C(OCc3nc4ccncc4[nH]3)C2)cc1. The molecule has 0 saturated carbocycles. The summed E-state index contributed by atoms with van der Waals surface area (Å²) in [5, 5.41) is 2.74. The Morgan fingerprint density at radius 2 is 2.14 bits per heavy atom. The van der Waals surface area contributed by atoms with Gasteiger partial charge >= 0.3 is 0 Å². The molecule has 0 spiro atoms. The van der Waals surface area contributed by atoms with Crippen molar-refractivity contribution in [2.75, 3.05) is 18.4 Å². The van der Waals surface area contributed by atoms with Gasteiger partial charge in [-0.05, 0) is 23.8 Å². The molecule has 1 aliphatic rings. The van der Waals surface area contributed by atoms with Gasteiger partial charge in [-0.3, -0.25) is 14.7 Å². The molecule has 3 aromatic rings. The fourth-order valence-electron chi connectivity index (χ4n) is 3.41. The normalized spacial score (nSPS) is 19.9. The van der Waals surface area contributed by atoms with Gasteiger partial charge in [0.15, 0.2) is 0 Å². The molecule has 1 saturated heterocycles. The minimum atomic E-state index is -1.04. The van der Waals surface area contributed by atoms with Crippen LogP contribution in [0.4, 0.5) is 10.1 Å². The number of amides is 1.